The van der Waals surface area contributed by atoms with Crippen LogP contribution >= 0.6 is 0 Å². The Labute approximate surface area is 121 Å². The topological polar surface area (TPSA) is 62.4 Å². The lowest BCUT2D eigenvalue weighted by atomic mass is 10.0. The van der Waals surface area contributed by atoms with Crippen LogP contribution in [0.1, 0.15) is 45.2 Å². The van der Waals surface area contributed by atoms with Gasteiger partial charge in [0, 0.05) is 17.6 Å². The first-order valence-electron chi connectivity index (χ1n) is 7.35. The van der Waals surface area contributed by atoms with Crippen molar-refractivity contribution in [2.24, 2.45) is 10.7 Å². The summed E-state index contributed by atoms with van der Waals surface area (Å²) in [5.41, 5.74) is 7.07. The number of benzene rings is 1. The molecule has 2 rings (SSSR count). The Bertz CT molecular complexity index is 449. The Balaban J connectivity index is 1.86. The Hall–Kier alpha value is -1.55. The minimum Gasteiger partial charge on any atom is -0.370 e. The lowest BCUT2D eigenvalue weighted by molar-refractivity contribution is 0.357. The third-order valence-corrected chi connectivity index (χ3v) is 3.48. The maximum Gasteiger partial charge on any atom is 0.188 e. The standard InChI is InChI=1S/C16H26N4/c1-12(13-7-5-4-6-8-13)20-16(2,3)11-18-15(17)19-14-9-10-14/h4-8,12,14,20H,9-11H2,1-3H3,(H3,17,18,19). The van der Waals surface area contributed by atoms with Gasteiger partial charge in [-0.25, -0.2) is 0 Å². The number of rotatable bonds is 6. The zero-order chi connectivity index (χ0) is 14.6. The lowest BCUT2D eigenvalue weighted by Crippen LogP contribution is -2.45. The second kappa shape index (κ2) is 6.27. The van der Waals surface area contributed by atoms with Crippen molar-refractivity contribution in [2.45, 2.75) is 51.2 Å². The van der Waals surface area contributed by atoms with Gasteiger partial charge in [-0.1, -0.05) is 30.3 Å². The molecular weight excluding hydrogens is 248 g/mol. The molecule has 0 amide bonds. The first-order chi connectivity index (χ1) is 9.46. The highest BCUT2D eigenvalue weighted by atomic mass is 15.1. The molecule has 1 aliphatic rings. The number of guanidine groups is 1. The highest BCUT2D eigenvalue weighted by Crippen LogP contribution is 2.18. The van der Waals surface area contributed by atoms with E-state index in [4.69, 9.17) is 5.73 Å². The van der Waals surface area contributed by atoms with E-state index in [1.165, 1.54) is 18.4 Å². The van der Waals surface area contributed by atoms with Gasteiger partial charge in [-0.05, 0) is 39.2 Å². The monoisotopic (exact) mass is 274 g/mol. The Kier molecular flexibility index (Phi) is 4.65. The molecule has 1 aliphatic carbocycles. The van der Waals surface area contributed by atoms with E-state index in [1.807, 2.05) is 6.07 Å². The van der Waals surface area contributed by atoms with Crippen LogP contribution in [0.25, 0.3) is 0 Å². The summed E-state index contributed by atoms with van der Waals surface area (Å²) in [6, 6.07) is 11.3. The Morgan fingerprint density at radius 1 is 1.35 bits per heavy atom. The quantitative estimate of drug-likeness (QED) is 0.550. The van der Waals surface area contributed by atoms with E-state index in [-0.39, 0.29) is 5.54 Å². The summed E-state index contributed by atoms with van der Waals surface area (Å²) in [6.07, 6.45) is 2.42. The van der Waals surface area contributed by atoms with Crippen molar-refractivity contribution >= 4 is 5.96 Å². The van der Waals surface area contributed by atoms with Crippen LogP contribution in [0.4, 0.5) is 0 Å². The number of nitrogens with two attached hydrogens (primary N) is 1. The first-order valence-corrected chi connectivity index (χ1v) is 7.35. The summed E-state index contributed by atoms with van der Waals surface area (Å²) in [5.74, 6) is 0.565. The summed E-state index contributed by atoms with van der Waals surface area (Å²) in [6.45, 7) is 7.14. The van der Waals surface area contributed by atoms with Crippen molar-refractivity contribution in [2.75, 3.05) is 6.54 Å². The van der Waals surface area contributed by atoms with E-state index in [2.05, 4.69) is 60.7 Å². The third-order valence-electron chi connectivity index (χ3n) is 3.48. The van der Waals surface area contributed by atoms with Crippen LogP contribution in [-0.4, -0.2) is 24.1 Å². The van der Waals surface area contributed by atoms with Crippen LogP contribution in [0, 0.1) is 0 Å². The minimum absolute atomic E-state index is 0.0922. The highest BCUT2D eigenvalue weighted by molar-refractivity contribution is 5.78. The maximum absolute atomic E-state index is 5.87. The van der Waals surface area contributed by atoms with Gasteiger partial charge in [-0.3, -0.25) is 4.99 Å². The fourth-order valence-corrected chi connectivity index (χ4v) is 2.22. The van der Waals surface area contributed by atoms with E-state index in [1.54, 1.807) is 0 Å². The molecule has 1 aromatic carbocycles. The number of nitrogens with zero attached hydrogens (tertiary/aromatic N) is 1. The predicted octanol–water partition coefficient (Wildman–Crippen LogP) is 2.18. The van der Waals surface area contributed by atoms with Crippen LogP contribution in [0.2, 0.25) is 0 Å². The lowest BCUT2D eigenvalue weighted by Gasteiger charge is -2.29. The molecule has 0 spiro atoms. The fraction of sp³-hybridized carbons (Fsp3) is 0.562. The molecule has 0 heterocycles. The molecule has 0 saturated heterocycles. The van der Waals surface area contributed by atoms with Gasteiger partial charge in [0.1, 0.15) is 0 Å². The fourth-order valence-electron chi connectivity index (χ4n) is 2.22. The largest absolute Gasteiger partial charge is 0.370 e. The van der Waals surface area contributed by atoms with Gasteiger partial charge in [0.05, 0.1) is 6.54 Å². The van der Waals surface area contributed by atoms with Gasteiger partial charge in [0.15, 0.2) is 5.96 Å². The number of aliphatic imine (C=N–C) groups is 1. The summed E-state index contributed by atoms with van der Waals surface area (Å²) in [5, 5.41) is 6.82. The Morgan fingerprint density at radius 2 is 2.00 bits per heavy atom. The summed E-state index contributed by atoms with van der Waals surface area (Å²) in [4.78, 5) is 4.44. The molecule has 110 valence electrons. The van der Waals surface area contributed by atoms with Crippen molar-refractivity contribution < 1.29 is 0 Å². The summed E-state index contributed by atoms with van der Waals surface area (Å²) >= 11 is 0. The van der Waals surface area contributed by atoms with Gasteiger partial charge in [-0.2, -0.15) is 0 Å². The second-order valence-corrected chi connectivity index (χ2v) is 6.28. The van der Waals surface area contributed by atoms with Gasteiger partial charge < -0.3 is 16.4 Å². The molecule has 0 aromatic heterocycles. The normalized spacial score (nSPS) is 17.9. The van der Waals surface area contributed by atoms with Crippen LogP contribution in [0.15, 0.2) is 35.3 Å². The molecule has 1 aromatic rings. The smallest absolute Gasteiger partial charge is 0.188 e. The molecule has 0 bridgehead atoms. The van der Waals surface area contributed by atoms with Gasteiger partial charge in [-0.15, -0.1) is 0 Å². The van der Waals surface area contributed by atoms with Crippen molar-refractivity contribution in [3.05, 3.63) is 35.9 Å². The van der Waals surface area contributed by atoms with E-state index in [9.17, 15) is 0 Å². The van der Waals surface area contributed by atoms with Crippen LogP contribution in [0.3, 0.4) is 0 Å². The van der Waals surface area contributed by atoms with Gasteiger partial charge in [0.2, 0.25) is 0 Å². The molecule has 1 atom stereocenters. The van der Waals surface area contributed by atoms with Crippen molar-refractivity contribution in [1.29, 1.82) is 0 Å². The molecular formula is C16H26N4. The van der Waals surface area contributed by atoms with Crippen molar-refractivity contribution in [3.8, 4) is 0 Å². The van der Waals surface area contributed by atoms with Crippen molar-refractivity contribution in [1.82, 2.24) is 10.6 Å². The third kappa shape index (κ3) is 4.85. The highest BCUT2D eigenvalue weighted by Gasteiger charge is 2.23. The molecule has 1 unspecified atom stereocenters. The number of hydrogen-bond donors (Lipinski definition) is 3. The zero-order valence-electron chi connectivity index (χ0n) is 12.7. The average Bonchev–Trinajstić information content (AvgIpc) is 3.21. The summed E-state index contributed by atoms with van der Waals surface area (Å²) in [7, 11) is 0. The van der Waals surface area contributed by atoms with E-state index in [0.717, 1.165) is 0 Å². The van der Waals surface area contributed by atoms with E-state index >= 15 is 0 Å². The number of hydrogen-bond acceptors (Lipinski definition) is 2. The van der Waals surface area contributed by atoms with Crippen LogP contribution in [0.5, 0.6) is 0 Å². The van der Waals surface area contributed by atoms with Crippen molar-refractivity contribution in [3.63, 3.8) is 0 Å². The Morgan fingerprint density at radius 3 is 2.60 bits per heavy atom. The molecule has 1 saturated carbocycles. The average molecular weight is 274 g/mol. The minimum atomic E-state index is -0.0922. The molecule has 0 radical (unpaired) electrons. The van der Waals surface area contributed by atoms with E-state index < -0.39 is 0 Å². The first kappa shape index (κ1) is 14.9. The zero-order valence-corrected chi connectivity index (χ0v) is 12.7. The SMILES string of the molecule is CC(NC(C)(C)CN=C(N)NC1CC1)c1ccccc1. The molecule has 4 N–H and O–H groups in total. The molecule has 1 fully saturated rings. The second-order valence-electron chi connectivity index (χ2n) is 6.28. The number of nitrogens with one attached hydrogen (secondary N) is 2. The molecule has 4 heteroatoms. The van der Waals surface area contributed by atoms with Crippen LogP contribution < -0.4 is 16.4 Å². The van der Waals surface area contributed by atoms with E-state index in [0.29, 0.717) is 24.6 Å². The maximum atomic E-state index is 5.87. The molecule has 0 aliphatic heterocycles. The van der Waals surface area contributed by atoms with Crippen LogP contribution in [-0.2, 0) is 0 Å². The summed E-state index contributed by atoms with van der Waals surface area (Å²) < 4.78 is 0. The predicted molar refractivity (Wildman–Crippen MR) is 84.7 cm³/mol. The van der Waals surface area contributed by atoms with Gasteiger partial charge in [0.25, 0.3) is 0 Å². The molecule has 20 heavy (non-hydrogen) atoms. The molecule has 4 nitrogen and oxygen atoms in total. The van der Waals surface area contributed by atoms with Gasteiger partial charge >= 0.3 is 0 Å².